The molecule has 0 aliphatic rings. The van der Waals surface area contributed by atoms with Gasteiger partial charge in [-0.2, -0.15) is 0 Å². The Morgan fingerprint density at radius 2 is 1.04 bits per heavy atom. The lowest BCUT2D eigenvalue weighted by Gasteiger charge is -2.13. The summed E-state index contributed by atoms with van der Waals surface area (Å²) in [5, 5.41) is 1.06. The maximum absolute atomic E-state index is 4.67. The highest BCUT2D eigenvalue weighted by Crippen LogP contribution is 2.37. The van der Waals surface area contributed by atoms with Crippen molar-refractivity contribution >= 4 is 10.9 Å². The summed E-state index contributed by atoms with van der Waals surface area (Å²) in [5.41, 5.74) is 7.74. The first-order chi connectivity index (χ1) is 13.9. The Bertz CT molecular complexity index is 1250. The van der Waals surface area contributed by atoms with Crippen LogP contribution in [0.5, 0.6) is 0 Å². The Morgan fingerprint density at radius 3 is 1.79 bits per heavy atom. The van der Waals surface area contributed by atoms with Crippen molar-refractivity contribution in [2.75, 3.05) is 0 Å². The highest BCUT2D eigenvalue weighted by Gasteiger charge is 2.13. The number of hydrogen-bond acceptors (Lipinski definition) is 2. The fourth-order valence-electron chi connectivity index (χ4n) is 3.72. The number of hydrogen-bond donors (Lipinski definition) is 0. The minimum Gasteiger partial charge on any atom is -0.236 e. The molecule has 4 aromatic carbocycles. The van der Waals surface area contributed by atoms with Crippen LogP contribution in [0.4, 0.5) is 0 Å². The van der Waals surface area contributed by atoms with Crippen LogP contribution in [-0.4, -0.2) is 9.97 Å². The molecule has 1 aromatic heterocycles. The summed E-state index contributed by atoms with van der Waals surface area (Å²) in [5.74, 6) is 0. The molecular formula is C26H18N2. The predicted octanol–water partition coefficient (Wildman–Crippen LogP) is 6.63. The van der Waals surface area contributed by atoms with E-state index in [1.165, 1.54) is 16.7 Å². The normalized spacial score (nSPS) is 10.9. The first-order valence-corrected chi connectivity index (χ1v) is 9.36. The van der Waals surface area contributed by atoms with Crippen LogP contribution < -0.4 is 0 Å². The first kappa shape index (κ1) is 16.4. The van der Waals surface area contributed by atoms with Crippen LogP contribution in [0.1, 0.15) is 0 Å². The number of rotatable bonds is 3. The van der Waals surface area contributed by atoms with Gasteiger partial charge in [-0.15, -0.1) is 0 Å². The first-order valence-electron chi connectivity index (χ1n) is 9.36. The molecule has 5 rings (SSSR count). The van der Waals surface area contributed by atoms with Gasteiger partial charge in [-0.1, -0.05) is 103 Å². The molecule has 28 heavy (non-hydrogen) atoms. The summed E-state index contributed by atoms with van der Waals surface area (Å²) in [4.78, 5) is 9.25. The lowest BCUT2D eigenvalue weighted by molar-refractivity contribution is 1.22. The van der Waals surface area contributed by atoms with Crippen LogP contribution in [0.2, 0.25) is 0 Å². The summed E-state index contributed by atoms with van der Waals surface area (Å²) >= 11 is 0. The lowest BCUT2D eigenvalue weighted by atomic mass is 9.92. The molecule has 0 atom stereocenters. The van der Waals surface area contributed by atoms with Crippen molar-refractivity contribution in [3.63, 3.8) is 0 Å². The van der Waals surface area contributed by atoms with E-state index in [1.54, 1.807) is 6.33 Å². The summed E-state index contributed by atoms with van der Waals surface area (Å²) in [6, 6.07) is 35.6. The van der Waals surface area contributed by atoms with E-state index in [4.69, 9.17) is 0 Å². The van der Waals surface area contributed by atoms with Gasteiger partial charge in [0.25, 0.3) is 0 Å². The minimum absolute atomic E-state index is 0.963. The largest absolute Gasteiger partial charge is 0.236 e. The summed E-state index contributed by atoms with van der Waals surface area (Å²) < 4.78 is 0. The fraction of sp³-hybridized carbons (Fsp3) is 0. The van der Waals surface area contributed by atoms with E-state index in [-0.39, 0.29) is 0 Å². The van der Waals surface area contributed by atoms with Crippen LogP contribution in [0.3, 0.4) is 0 Å². The van der Waals surface area contributed by atoms with Gasteiger partial charge < -0.3 is 0 Å². The van der Waals surface area contributed by atoms with Crippen molar-refractivity contribution in [1.82, 2.24) is 9.97 Å². The van der Waals surface area contributed by atoms with Crippen LogP contribution in [-0.2, 0) is 0 Å². The molecule has 0 bridgehead atoms. The van der Waals surface area contributed by atoms with Gasteiger partial charge in [-0.05, 0) is 16.7 Å². The molecule has 1 heterocycles. The standard InChI is InChI=1S/C26H18N2/c1-3-10-19(11-4-1)21-14-7-8-15-22(21)23-16-9-17-24-25(27-18-28-26(23)24)20-12-5-2-6-13-20/h1-18H. The molecule has 0 fully saturated rings. The van der Waals surface area contributed by atoms with E-state index in [0.29, 0.717) is 0 Å². The zero-order valence-electron chi connectivity index (χ0n) is 15.3. The Kier molecular flexibility index (Phi) is 4.15. The molecule has 0 saturated heterocycles. The molecular weight excluding hydrogens is 340 g/mol. The van der Waals surface area contributed by atoms with E-state index < -0.39 is 0 Å². The van der Waals surface area contributed by atoms with Crippen LogP contribution >= 0.6 is 0 Å². The number of benzene rings is 4. The smallest absolute Gasteiger partial charge is 0.116 e. The van der Waals surface area contributed by atoms with Gasteiger partial charge in [0.05, 0.1) is 11.2 Å². The quantitative estimate of drug-likeness (QED) is 0.362. The van der Waals surface area contributed by atoms with Crippen molar-refractivity contribution in [1.29, 1.82) is 0 Å². The monoisotopic (exact) mass is 358 g/mol. The number of nitrogens with zero attached hydrogens (tertiary/aromatic N) is 2. The second kappa shape index (κ2) is 7.09. The molecule has 0 radical (unpaired) electrons. The maximum Gasteiger partial charge on any atom is 0.116 e. The van der Waals surface area contributed by atoms with Gasteiger partial charge in [0.15, 0.2) is 0 Å². The average molecular weight is 358 g/mol. The number of para-hydroxylation sites is 1. The lowest BCUT2D eigenvalue weighted by Crippen LogP contribution is -1.92. The van der Waals surface area contributed by atoms with E-state index in [1.807, 2.05) is 24.3 Å². The van der Waals surface area contributed by atoms with Gasteiger partial charge in [-0.25, -0.2) is 9.97 Å². The van der Waals surface area contributed by atoms with Crippen molar-refractivity contribution < 1.29 is 0 Å². The van der Waals surface area contributed by atoms with E-state index >= 15 is 0 Å². The SMILES string of the molecule is c1ccc(-c2ccccc2-c2cccc3c(-c4ccccc4)ncnc23)cc1. The summed E-state index contributed by atoms with van der Waals surface area (Å²) in [6.45, 7) is 0. The fourth-order valence-corrected chi connectivity index (χ4v) is 3.72. The molecule has 0 unspecified atom stereocenters. The summed E-state index contributed by atoms with van der Waals surface area (Å²) in [7, 11) is 0. The highest BCUT2D eigenvalue weighted by molar-refractivity contribution is 6.02. The zero-order chi connectivity index (χ0) is 18.8. The third-order valence-corrected chi connectivity index (χ3v) is 5.01. The second-order valence-electron chi connectivity index (χ2n) is 6.70. The average Bonchev–Trinajstić information content (AvgIpc) is 2.79. The Balaban J connectivity index is 1.77. The third-order valence-electron chi connectivity index (χ3n) is 5.01. The molecule has 132 valence electrons. The molecule has 0 aliphatic heterocycles. The zero-order valence-corrected chi connectivity index (χ0v) is 15.3. The summed E-state index contributed by atoms with van der Waals surface area (Å²) in [6.07, 6.45) is 1.67. The van der Waals surface area contributed by atoms with E-state index in [2.05, 4.69) is 88.8 Å². The predicted molar refractivity (Wildman–Crippen MR) is 116 cm³/mol. The minimum atomic E-state index is 0.963. The number of aromatic nitrogens is 2. The Labute approximate surface area is 164 Å². The topological polar surface area (TPSA) is 25.8 Å². The van der Waals surface area contributed by atoms with Gasteiger partial charge in [0.2, 0.25) is 0 Å². The molecule has 5 aromatic rings. The molecule has 0 aliphatic carbocycles. The number of fused-ring (bicyclic) bond motifs is 1. The van der Waals surface area contributed by atoms with Crippen molar-refractivity contribution in [3.05, 3.63) is 109 Å². The van der Waals surface area contributed by atoms with Crippen molar-refractivity contribution in [3.8, 4) is 33.5 Å². The molecule has 0 amide bonds. The van der Waals surface area contributed by atoms with Gasteiger partial charge >= 0.3 is 0 Å². The van der Waals surface area contributed by atoms with Crippen LogP contribution in [0, 0.1) is 0 Å². The van der Waals surface area contributed by atoms with E-state index in [9.17, 15) is 0 Å². The van der Waals surface area contributed by atoms with Crippen molar-refractivity contribution in [2.45, 2.75) is 0 Å². The molecule has 2 heteroatoms. The second-order valence-corrected chi connectivity index (χ2v) is 6.70. The maximum atomic E-state index is 4.67. The Morgan fingerprint density at radius 1 is 0.429 bits per heavy atom. The molecule has 0 spiro atoms. The van der Waals surface area contributed by atoms with Crippen molar-refractivity contribution in [2.24, 2.45) is 0 Å². The highest BCUT2D eigenvalue weighted by atomic mass is 14.8. The third kappa shape index (κ3) is 2.85. The Hall–Kier alpha value is -3.78. The molecule has 0 saturated carbocycles. The van der Waals surface area contributed by atoms with E-state index in [0.717, 1.165) is 27.7 Å². The van der Waals surface area contributed by atoms with Gasteiger partial charge in [0.1, 0.15) is 6.33 Å². The molecule has 2 nitrogen and oxygen atoms in total. The molecule has 0 N–H and O–H groups in total. The van der Waals surface area contributed by atoms with Gasteiger partial charge in [0, 0.05) is 16.5 Å². The van der Waals surface area contributed by atoms with Gasteiger partial charge in [-0.3, -0.25) is 0 Å². The van der Waals surface area contributed by atoms with Crippen LogP contribution in [0.25, 0.3) is 44.4 Å². The van der Waals surface area contributed by atoms with Crippen LogP contribution in [0.15, 0.2) is 109 Å².